The van der Waals surface area contributed by atoms with Gasteiger partial charge in [0.2, 0.25) is 0 Å². The van der Waals surface area contributed by atoms with Crippen LogP contribution in [0.1, 0.15) is 24.7 Å². The number of hydrogen-bond donors (Lipinski definition) is 0. The van der Waals surface area contributed by atoms with E-state index in [1.807, 2.05) is 6.07 Å². The predicted molar refractivity (Wildman–Crippen MR) is 76.1 cm³/mol. The molecule has 2 atom stereocenters. The summed E-state index contributed by atoms with van der Waals surface area (Å²) in [5.41, 5.74) is 2.46. The van der Waals surface area contributed by atoms with E-state index in [0.717, 1.165) is 41.7 Å². The van der Waals surface area contributed by atoms with E-state index >= 15 is 0 Å². The largest absolute Gasteiger partial charge is 0.328 e. The maximum absolute atomic E-state index is 13.6. The molecule has 1 aromatic carbocycles. The van der Waals surface area contributed by atoms with Crippen molar-refractivity contribution in [1.82, 2.24) is 9.55 Å². The second kappa shape index (κ2) is 4.78. The van der Waals surface area contributed by atoms with E-state index in [0.29, 0.717) is 11.4 Å². The lowest BCUT2D eigenvalue weighted by Gasteiger charge is -2.08. The molecule has 1 aliphatic carbocycles. The van der Waals surface area contributed by atoms with Gasteiger partial charge in [0.1, 0.15) is 11.6 Å². The lowest BCUT2D eigenvalue weighted by atomic mass is 10.2. The van der Waals surface area contributed by atoms with Crippen LogP contribution in [0.5, 0.6) is 0 Å². The molecule has 0 saturated heterocycles. The van der Waals surface area contributed by atoms with Crippen molar-refractivity contribution in [3.05, 3.63) is 29.3 Å². The minimum absolute atomic E-state index is 0.186. The topological polar surface area (TPSA) is 17.8 Å². The Morgan fingerprint density at radius 3 is 2.84 bits per heavy atom. The summed E-state index contributed by atoms with van der Waals surface area (Å²) in [5.74, 6) is 2.87. The second-order valence-electron chi connectivity index (χ2n) is 5.64. The third kappa shape index (κ3) is 2.36. The van der Waals surface area contributed by atoms with E-state index in [1.165, 1.54) is 12.5 Å². The van der Waals surface area contributed by atoms with Crippen LogP contribution in [0.25, 0.3) is 11.0 Å². The summed E-state index contributed by atoms with van der Waals surface area (Å²) in [6, 6.07) is 3.44. The van der Waals surface area contributed by atoms with Gasteiger partial charge in [-0.25, -0.2) is 9.37 Å². The van der Waals surface area contributed by atoms with Gasteiger partial charge in [-0.15, -0.1) is 11.6 Å². The molecule has 19 heavy (non-hydrogen) atoms. The number of aromatic nitrogens is 2. The first-order valence-electron chi connectivity index (χ1n) is 6.81. The Balaban J connectivity index is 2.08. The number of hydrogen-bond acceptors (Lipinski definition) is 1. The Hall–Kier alpha value is -1.09. The molecule has 2 nitrogen and oxygen atoms in total. The van der Waals surface area contributed by atoms with Crippen molar-refractivity contribution in [2.45, 2.75) is 33.2 Å². The molecule has 0 aliphatic heterocycles. The van der Waals surface area contributed by atoms with E-state index in [4.69, 9.17) is 11.6 Å². The van der Waals surface area contributed by atoms with Gasteiger partial charge in [-0.2, -0.15) is 0 Å². The molecule has 1 saturated carbocycles. The van der Waals surface area contributed by atoms with Crippen LogP contribution in [0.2, 0.25) is 0 Å². The zero-order valence-electron chi connectivity index (χ0n) is 11.3. The monoisotopic (exact) mass is 280 g/mol. The third-order valence-corrected chi connectivity index (χ3v) is 4.31. The van der Waals surface area contributed by atoms with Gasteiger partial charge in [-0.3, -0.25) is 0 Å². The molecule has 1 aromatic heterocycles. The molecule has 1 aliphatic rings. The third-order valence-electron chi connectivity index (χ3n) is 4.12. The number of alkyl halides is 1. The van der Waals surface area contributed by atoms with Crippen LogP contribution in [-0.4, -0.2) is 15.4 Å². The molecular weight excluding hydrogens is 263 g/mol. The van der Waals surface area contributed by atoms with Crippen molar-refractivity contribution in [3.63, 3.8) is 0 Å². The van der Waals surface area contributed by atoms with E-state index in [1.54, 1.807) is 6.92 Å². The van der Waals surface area contributed by atoms with Gasteiger partial charge in [0.15, 0.2) is 0 Å². The molecule has 0 spiro atoms. The molecule has 0 amide bonds. The molecule has 1 heterocycles. The van der Waals surface area contributed by atoms with Gasteiger partial charge < -0.3 is 4.57 Å². The zero-order chi connectivity index (χ0) is 13.6. The Morgan fingerprint density at radius 1 is 1.47 bits per heavy atom. The van der Waals surface area contributed by atoms with Crippen molar-refractivity contribution in [3.8, 4) is 0 Å². The van der Waals surface area contributed by atoms with Crippen molar-refractivity contribution in [1.29, 1.82) is 0 Å². The van der Waals surface area contributed by atoms with Gasteiger partial charge >= 0.3 is 0 Å². The smallest absolute Gasteiger partial charge is 0.128 e. The SMILES string of the molecule is Cc1cc2c(cc1F)nc(CCCl)n2CC1CC1C. The normalized spacial score (nSPS) is 22.1. The lowest BCUT2D eigenvalue weighted by Crippen LogP contribution is -2.07. The van der Waals surface area contributed by atoms with Crippen molar-refractivity contribution < 1.29 is 4.39 Å². The molecule has 0 bridgehead atoms. The molecule has 0 radical (unpaired) electrons. The average molecular weight is 281 g/mol. The lowest BCUT2D eigenvalue weighted by molar-refractivity contribution is 0.584. The zero-order valence-corrected chi connectivity index (χ0v) is 12.0. The van der Waals surface area contributed by atoms with Gasteiger partial charge in [-0.05, 0) is 36.8 Å². The van der Waals surface area contributed by atoms with Crippen LogP contribution in [0.4, 0.5) is 4.39 Å². The number of fused-ring (bicyclic) bond motifs is 1. The van der Waals surface area contributed by atoms with Crippen LogP contribution in [0, 0.1) is 24.6 Å². The van der Waals surface area contributed by atoms with Crippen LogP contribution in [-0.2, 0) is 13.0 Å². The molecule has 3 rings (SSSR count). The van der Waals surface area contributed by atoms with Crippen molar-refractivity contribution in [2.24, 2.45) is 11.8 Å². The Kier molecular flexibility index (Phi) is 3.25. The summed E-state index contributed by atoms with van der Waals surface area (Å²) in [5, 5.41) is 0. The first-order chi connectivity index (χ1) is 9.10. The van der Waals surface area contributed by atoms with Crippen LogP contribution in [0.3, 0.4) is 0 Å². The van der Waals surface area contributed by atoms with Gasteiger partial charge in [-0.1, -0.05) is 6.92 Å². The standard InChI is InChI=1S/C15H18ClFN2/c1-9-5-11(9)8-19-14-6-10(2)12(17)7-13(14)18-15(19)3-4-16/h6-7,9,11H,3-5,8H2,1-2H3. The first kappa shape index (κ1) is 12.9. The predicted octanol–water partition coefficient (Wildman–Crippen LogP) is 3.92. The Bertz CT molecular complexity index is 620. The summed E-state index contributed by atoms with van der Waals surface area (Å²) in [4.78, 5) is 4.55. The minimum Gasteiger partial charge on any atom is -0.328 e. The maximum atomic E-state index is 13.6. The second-order valence-corrected chi connectivity index (χ2v) is 6.02. The van der Waals surface area contributed by atoms with Crippen LogP contribution in [0.15, 0.2) is 12.1 Å². The molecule has 2 unspecified atom stereocenters. The molecule has 4 heteroatoms. The van der Waals surface area contributed by atoms with E-state index in [-0.39, 0.29) is 5.82 Å². The molecule has 0 N–H and O–H groups in total. The fourth-order valence-corrected chi connectivity index (χ4v) is 2.84. The summed E-state index contributed by atoms with van der Waals surface area (Å²) in [6.07, 6.45) is 2.01. The van der Waals surface area contributed by atoms with E-state index < -0.39 is 0 Å². The number of halogens is 2. The first-order valence-corrected chi connectivity index (χ1v) is 7.35. The molecule has 1 fully saturated rings. The fraction of sp³-hybridized carbons (Fsp3) is 0.533. The summed E-state index contributed by atoms with van der Waals surface area (Å²) in [6.45, 7) is 5.05. The Morgan fingerprint density at radius 2 is 2.21 bits per heavy atom. The highest BCUT2D eigenvalue weighted by Crippen LogP contribution is 2.40. The van der Waals surface area contributed by atoms with Gasteiger partial charge in [0, 0.05) is 24.9 Å². The highest BCUT2D eigenvalue weighted by Gasteiger charge is 2.33. The maximum Gasteiger partial charge on any atom is 0.128 e. The van der Waals surface area contributed by atoms with E-state index in [9.17, 15) is 4.39 Å². The number of rotatable bonds is 4. The quantitative estimate of drug-likeness (QED) is 0.776. The minimum atomic E-state index is -0.186. The number of aryl methyl sites for hydroxylation is 2. The fourth-order valence-electron chi connectivity index (χ4n) is 2.67. The van der Waals surface area contributed by atoms with Crippen molar-refractivity contribution >= 4 is 22.6 Å². The summed E-state index contributed by atoms with van der Waals surface area (Å²) in [7, 11) is 0. The molecule has 102 valence electrons. The highest BCUT2D eigenvalue weighted by atomic mass is 35.5. The summed E-state index contributed by atoms with van der Waals surface area (Å²) < 4.78 is 15.9. The van der Waals surface area contributed by atoms with Crippen LogP contribution >= 0.6 is 11.6 Å². The molecular formula is C15H18ClFN2. The van der Waals surface area contributed by atoms with Gasteiger partial charge in [0.25, 0.3) is 0 Å². The van der Waals surface area contributed by atoms with Crippen molar-refractivity contribution in [2.75, 3.05) is 5.88 Å². The van der Waals surface area contributed by atoms with Crippen LogP contribution < -0.4 is 0 Å². The Labute approximate surface area is 117 Å². The van der Waals surface area contributed by atoms with Gasteiger partial charge in [0.05, 0.1) is 11.0 Å². The highest BCUT2D eigenvalue weighted by molar-refractivity contribution is 6.17. The number of nitrogens with zero attached hydrogens (tertiary/aromatic N) is 2. The van der Waals surface area contributed by atoms with E-state index in [2.05, 4.69) is 16.5 Å². The molecule has 2 aromatic rings. The number of imidazole rings is 1. The average Bonchev–Trinajstić information content (AvgIpc) is 2.96. The number of benzene rings is 1. The summed E-state index contributed by atoms with van der Waals surface area (Å²) >= 11 is 5.85.